The van der Waals surface area contributed by atoms with E-state index in [1.165, 1.54) is 15.5 Å². The number of ether oxygens (including phenoxy) is 1. The van der Waals surface area contributed by atoms with Gasteiger partial charge < -0.3 is 14.2 Å². The minimum atomic E-state index is -4.85. The standard InChI is InChI=1S/C29H28F3N3O3/c1-19-8-9-23(20(2)14-19)17-35-26(15-25(29(30,31)32)24(16-33)27(35)36)22-10-12-34(13-11-22)28(37)38-18-21-6-4-3-5-7-21/h3-9,14-15,22H,10-13,17-18H2,1-2H3. The zero-order chi connectivity index (χ0) is 27.4. The minimum absolute atomic E-state index is 0.0480. The Balaban J connectivity index is 1.61. The lowest BCUT2D eigenvalue weighted by atomic mass is 9.90. The van der Waals surface area contributed by atoms with Crippen LogP contribution in [0.2, 0.25) is 0 Å². The zero-order valence-corrected chi connectivity index (χ0v) is 21.2. The van der Waals surface area contributed by atoms with Crippen molar-refractivity contribution in [2.24, 2.45) is 0 Å². The zero-order valence-electron chi connectivity index (χ0n) is 21.2. The van der Waals surface area contributed by atoms with E-state index in [9.17, 15) is 28.0 Å². The van der Waals surface area contributed by atoms with Gasteiger partial charge in [0.25, 0.3) is 5.56 Å². The molecule has 0 aliphatic carbocycles. The highest BCUT2D eigenvalue weighted by molar-refractivity contribution is 5.67. The van der Waals surface area contributed by atoms with Crippen LogP contribution in [-0.4, -0.2) is 28.6 Å². The molecule has 2 aromatic carbocycles. The van der Waals surface area contributed by atoms with Crippen LogP contribution in [0.1, 0.15) is 57.8 Å². The number of aryl methyl sites for hydroxylation is 2. The number of pyridine rings is 1. The summed E-state index contributed by atoms with van der Waals surface area (Å²) in [5.41, 5.74) is 0.691. The van der Waals surface area contributed by atoms with Gasteiger partial charge >= 0.3 is 12.3 Å². The molecule has 1 amide bonds. The van der Waals surface area contributed by atoms with Crippen LogP contribution in [0, 0.1) is 25.2 Å². The fraction of sp³-hybridized carbons (Fsp3) is 0.345. The molecule has 2 heterocycles. The first-order chi connectivity index (χ1) is 18.1. The number of piperidine rings is 1. The molecule has 198 valence electrons. The van der Waals surface area contributed by atoms with Crippen molar-refractivity contribution in [1.82, 2.24) is 9.47 Å². The second-order valence-electron chi connectivity index (χ2n) is 9.59. The van der Waals surface area contributed by atoms with Gasteiger partial charge in [-0.1, -0.05) is 54.1 Å². The van der Waals surface area contributed by atoms with Gasteiger partial charge in [-0.25, -0.2) is 4.79 Å². The van der Waals surface area contributed by atoms with Crippen molar-refractivity contribution in [2.45, 2.75) is 51.9 Å². The first-order valence-corrected chi connectivity index (χ1v) is 12.3. The monoisotopic (exact) mass is 523 g/mol. The van der Waals surface area contributed by atoms with Crippen LogP contribution in [0.15, 0.2) is 59.4 Å². The van der Waals surface area contributed by atoms with E-state index in [-0.39, 0.29) is 31.9 Å². The van der Waals surface area contributed by atoms with E-state index in [1.54, 1.807) is 0 Å². The van der Waals surface area contributed by atoms with Gasteiger partial charge in [-0.3, -0.25) is 4.79 Å². The number of nitrogens with zero attached hydrogens (tertiary/aromatic N) is 3. The number of hydrogen-bond acceptors (Lipinski definition) is 4. The molecule has 0 atom stereocenters. The molecule has 1 aromatic heterocycles. The summed E-state index contributed by atoms with van der Waals surface area (Å²) >= 11 is 0. The lowest BCUT2D eigenvalue weighted by Crippen LogP contribution is -2.40. The van der Waals surface area contributed by atoms with E-state index in [2.05, 4.69) is 0 Å². The van der Waals surface area contributed by atoms with Crippen molar-refractivity contribution in [2.75, 3.05) is 13.1 Å². The molecule has 6 nitrogen and oxygen atoms in total. The third-order valence-corrected chi connectivity index (χ3v) is 6.95. The number of carbonyl (C=O) groups excluding carboxylic acids is 1. The molecule has 1 aliphatic rings. The first kappa shape index (κ1) is 27.0. The summed E-state index contributed by atoms with van der Waals surface area (Å²) in [6.45, 7) is 4.53. The van der Waals surface area contributed by atoms with Gasteiger partial charge in [0.15, 0.2) is 0 Å². The van der Waals surface area contributed by atoms with Crippen LogP contribution in [0.3, 0.4) is 0 Å². The molecule has 0 unspecified atom stereocenters. The van der Waals surface area contributed by atoms with E-state index in [1.807, 2.05) is 62.4 Å². The average Bonchev–Trinajstić information content (AvgIpc) is 2.89. The Bertz CT molecular complexity index is 1420. The third kappa shape index (κ3) is 5.91. The summed E-state index contributed by atoms with van der Waals surface area (Å²) in [6, 6.07) is 17.3. The average molecular weight is 524 g/mol. The van der Waals surface area contributed by atoms with Gasteiger partial charge in [0, 0.05) is 24.7 Å². The van der Waals surface area contributed by atoms with Gasteiger partial charge in [-0.2, -0.15) is 18.4 Å². The Morgan fingerprint density at radius 2 is 1.76 bits per heavy atom. The number of benzene rings is 2. The molecule has 1 aliphatic heterocycles. The minimum Gasteiger partial charge on any atom is -0.445 e. The van der Waals surface area contributed by atoms with Crippen LogP contribution in [0.25, 0.3) is 0 Å². The molecule has 0 N–H and O–H groups in total. The maximum absolute atomic E-state index is 13.9. The molecule has 9 heteroatoms. The van der Waals surface area contributed by atoms with Gasteiger partial charge in [0.05, 0.1) is 12.1 Å². The lowest BCUT2D eigenvalue weighted by Gasteiger charge is -2.33. The van der Waals surface area contributed by atoms with E-state index in [0.29, 0.717) is 12.8 Å². The molecule has 1 fully saturated rings. The highest BCUT2D eigenvalue weighted by Crippen LogP contribution is 2.35. The van der Waals surface area contributed by atoms with E-state index in [0.717, 1.165) is 28.3 Å². The van der Waals surface area contributed by atoms with Gasteiger partial charge in [0.1, 0.15) is 18.2 Å². The van der Waals surface area contributed by atoms with Crippen molar-refractivity contribution in [3.63, 3.8) is 0 Å². The molecule has 0 saturated carbocycles. The summed E-state index contributed by atoms with van der Waals surface area (Å²) in [7, 11) is 0. The normalized spacial score (nSPS) is 14.3. The summed E-state index contributed by atoms with van der Waals surface area (Å²) in [5, 5.41) is 9.45. The number of likely N-dealkylation sites (tertiary alicyclic amines) is 1. The van der Waals surface area contributed by atoms with Gasteiger partial charge in [-0.05, 0) is 49.4 Å². The molecule has 38 heavy (non-hydrogen) atoms. The van der Waals surface area contributed by atoms with Crippen molar-refractivity contribution in [1.29, 1.82) is 5.26 Å². The summed E-state index contributed by atoms with van der Waals surface area (Å²) in [5.74, 6) is -0.402. The fourth-order valence-corrected chi connectivity index (χ4v) is 4.86. The van der Waals surface area contributed by atoms with Gasteiger partial charge in [0.2, 0.25) is 0 Å². The van der Waals surface area contributed by atoms with Crippen molar-refractivity contribution >= 4 is 6.09 Å². The molecule has 3 aromatic rings. The molecule has 0 radical (unpaired) electrons. The largest absolute Gasteiger partial charge is 0.445 e. The molecular weight excluding hydrogens is 495 g/mol. The quantitative estimate of drug-likeness (QED) is 0.416. The number of hydrogen-bond donors (Lipinski definition) is 0. The summed E-state index contributed by atoms with van der Waals surface area (Å²) in [4.78, 5) is 27.4. The Morgan fingerprint density at radius 3 is 2.37 bits per heavy atom. The number of amides is 1. The third-order valence-electron chi connectivity index (χ3n) is 6.95. The van der Waals surface area contributed by atoms with Crippen molar-refractivity contribution in [3.8, 4) is 6.07 Å². The topological polar surface area (TPSA) is 75.3 Å². The van der Waals surface area contributed by atoms with E-state index in [4.69, 9.17) is 4.74 Å². The second kappa shape index (κ2) is 11.1. The van der Waals surface area contributed by atoms with Crippen LogP contribution in [-0.2, 0) is 24.1 Å². The number of aromatic nitrogens is 1. The van der Waals surface area contributed by atoms with Gasteiger partial charge in [-0.15, -0.1) is 0 Å². The van der Waals surface area contributed by atoms with Crippen LogP contribution in [0.5, 0.6) is 0 Å². The van der Waals surface area contributed by atoms with Crippen LogP contribution >= 0.6 is 0 Å². The smallest absolute Gasteiger partial charge is 0.417 e. The Hall–Kier alpha value is -4.06. The van der Waals surface area contributed by atoms with Crippen LogP contribution in [0.4, 0.5) is 18.0 Å². The number of rotatable bonds is 5. The van der Waals surface area contributed by atoms with Crippen molar-refractivity contribution < 1.29 is 22.7 Å². The van der Waals surface area contributed by atoms with Crippen molar-refractivity contribution in [3.05, 3.63) is 104 Å². The highest BCUT2D eigenvalue weighted by atomic mass is 19.4. The molecular formula is C29H28F3N3O3. The van der Waals surface area contributed by atoms with Crippen LogP contribution < -0.4 is 5.56 Å². The predicted octanol–water partition coefficient (Wildman–Crippen LogP) is 5.92. The molecule has 0 spiro atoms. The van der Waals surface area contributed by atoms with E-state index < -0.39 is 34.9 Å². The number of alkyl halides is 3. The Kier molecular flexibility index (Phi) is 7.91. The number of carbonyl (C=O) groups is 1. The predicted molar refractivity (Wildman–Crippen MR) is 136 cm³/mol. The first-order valence-electron chi connectivity index (χ1n) is 12.3. The molecule has 4 rings (SSSR count). The number of nitriles is 1. The summed E-state index contributed by atoms with van der Waals surface area (Å²) in [6.07, 6.45) is -4.62. The van der Waals surface area contributed by atoms with E-state index >= 15 is 0 Å². The maximum Gasteiger partial charge on any atom is 0.417 e. The fourth-order valence-electron chi connectivity index (χ4n) is 4.86. The SMILES string of the molecule is Cc1ccc(Cn2c(C3CCN(C(=O)OCc4ccccc4)CC3)cc(C(F)(F)F)c(C#N)c2=O)c(C)c1. The molecule has 1 saturated heterocycles. The highest BCUT2D eigenvalue weighted by Gasteiger charge is 2.38. The Labute approximate surface area is 218 Å². The second-order valence-corrected chi connectivity index (χ2v) is 9.59. The number of halogens is 3. The Morgan fingerprint density at radius 1 is 1.08 bits per heavy atom. The lowest BCUT2D eigenvalue weighted by molar-refractivity contribution is -0.138. The summed E-state index contributed by atoms with van der Waals surface area (Å²) < 4.78 is 48.2. The maximum atomic E-state index is 13.9. The molecule has 0 bridgehead atoms.